The summed E-state index contributed by atoms with van der Waals surface area (Å²) in [5.41, 5.74) is -0.0106. The molecule has 1 atom stereocenters. The van der Waals surface area contributed by atoms with Crippen molar-refractivity contribution in [2.45, 2.75) is 46.6 Å². The van der Waals surface area contributed by atoms with Gasteiger partial charge in [0.15, 0.2) is 4.96 Å². The highest BCUT2D eigenvalue weighted by atomic mass is 32.1. The Bertz CT molecular complexity index is 832. The molecule has 2 aromatic heterocycles. The molecule has 0 saturated heterocycles. The van der Waals surface area contributed by atoms with Crippen molar-refractivity contribution >= 4 is 28.2 Å². The summed E-state index contributed by atoms with van der Waals surface area (Å²) in [7, 11) is 0. The summed E-state index contributed by atoms with van der Waals surface area (Å²) in [4.78, 5) is 40.8. The van der Waals surface area contributed by atoms with Crippen LogP contribution in [0.5, 0.6) is 0 Å². The van der Waals surface area contributed by atoms with E-state index >= 15 is 0 Å². The minimum absolute atomic E-state index is 0.0494. The van der Waals surface area contributed by atoms with Gasteiger partial charge in [-0.05, 0) is 25.2 Å². The van der Waals surface area contributed by atoms with Crippen LogP contribution in [0.4, 0.5) is 0 Å². The van der Waals surface area contributed by atoms with Gasteiger partial charge in [0.25, 0.3) is 11.5 Å². The van der Waals surface area contributed by atoms with Gasteiger partial charge in [-0.25, -0.2) is 9.78 Å². The van der Waals surface area contributed by atoms with Crippen LogP contribution in [-0.2, 0) is 4.79 Å². The van der Waals surface area contributed by atoms with Crippen molar-refractivity contribution in [2.75, 3.05) is 0 Å². The van der Waals surface area contributed by atoms with E-state index in [1.165, 1.54) is 21.9 Å². The Kier molecular flexibility index (Phi) is 5.08. The Labute approximate surface area is 143 Å². The first-order valence-corrected chi connectivity index (χ1v) is 8.47. The van der Waals surface area contributed by atoms with Crippen LogP contribution in [0.15, 0.2) is 16.4 Å². The Morgan fingerprint density at radius 3 is 2.67 bits per heavy atom. The number of nitrogens with one attached hydrogen (secondary N) is 1. The first-order chi connectivity index (χ1) is 11.1. The number of rotatable bonds is 5. The number of aryl methyl sites for hydroxylation is 1. The predicted molar refractivity (Wildman–Crippen MR) is 91.7 cm³/mol. The van der Waals surface area contributed by atoms with Gasteiger partial charge in [-0.3, -0.25) is 14.0 Å². The molecular formula is C16H21N3O4S. The lowest BCUT2D eigenvalue weighted by Gasteiger charge is -2.21. The number of hydrogen-bond donors (Lipinski definition) is 2. The smallest absolute Gasteiger partial charge is 0.326 e. The molecule has 0 aliphatic rings. The first-order valence-electron chi connectivity index (χ1n) is 7.59. The highest BCUT2D eigenvalue weighted by molar-refractivity contribution is 7.15. The van der Waals surface area contributed by atoms with E-state index in [-0.39, 0.29) is 11.0 Å². The summed E-state index contributed by atoms with van der Waals surface area (Å²) in [5.74, 6) is -1.83. The van der Waals surface area contributed by atoms with Crippen molar-refractivity contribution in [2.24, 2.45) is 5.41 Å². The summed E-state index contributed by atoms with van der Waals surface area (Å²) in [6.07, 6.45) is 2.12. The van der Waals surface area contributed by atoms with E-state index in [9.17, 15) is 19.5 Å². The van der Waals surface area contributed by atoms with Gasteiger partial charge >= 0.3 is 5.97 Å². The number of carboxylic acids is 1. The quantitative estimate of drug-likeness (QED) is 0.859. The maximum Gasteiger partial charge on any atom is 0.326 e. The molecule has 0 fully saturated rings. The van der Waals surface area contributed by atoms with Crippen LogP contribution < -0.4 is 10.9 Å². The lowest BCUT2D eigenvalue weighted by Crippen LogP contribution is -2.43. The molecule has 0 saturated carbocycles. The molecule has 7 nitrogen and oxygen atoms in total. The van der Waals surface area contributed by atoms with Crippen molar-refractivity contribution in [1.82, 2.24) is 14.7 Å². The minimum atomic E-state index is -1.12. The molecule has 0 radical (unpaired) electrons. The van der Waals surface area contributed by atoms with E-state index < -0.39 is 23.5 Å². The number of carbonyl (C=O) groups excluding carboxylic acids is 1. The molecule has 2 aromatic rings. The standard InChI is InChI=1S/C16H21N3O4S/c1-9-8-24-15-17-7-10(13(21)19(9)15)12(20)18-11(14(22)23)5-6-16(2,3)4/h7-8,11H,5-6H2,1-4H3,(H,18,20)(H,22,23). The molecule has 2 N–H and O–H groups in total. The monoisotopic (exact) mass is 351 g/mol. The zero-order chi connectivity index (χ0) is 18.1. The number of amides is 1. The van der Waals surface area contributed by atoms with Crippen LogP contribution >= 0.6 is 11.3 Å². The van der Waals surface area contributed by atoms with Gasteiger partial charge in [0.1, 0.15) is 11.6 Å². The summed E-state index contributed by atoms with van der Waals surface area (Å²) < 4.78 is 1.35. The van der Waals surface area contributed by atoms with Crippen LogP contribution in [0.1, 0.15) is 49.7 Å². The molecule has 0 spiro atoms. The zero-order valence-electron chi connectivity index (χ0n) is 14.1. The van der Waals surface area contributed by atoms with Crippen molar-refractivity contribution in [3.05, 3.63) is 33.2 Å². The summed E-state index contributed by atoms with van der Waals surface area (Å²) in [6, 6.07) is -1.04. The second-order valence-corrected chi connectivity index (χ2v) is 7.77. The Hall–Kier alpha value is -2.22. The predicted octanol–water partition coefficient (Wildman–Crippen LogP) is 2.07. The van der Waals surface area contributed by atoms with Crippen molar-refractivity contribution in [3.63, 3.8) is 0 Å². The molecule has 24 heavy (non-hydrogen) atoms. The number of fused-ring (bicyclic) bond motifs is 1. The van der Waals surface area contributed by atoms with E-state index in [4.69, 9.17) is 0 Å². The van der Waals surface area contributed by atoms with E-state index in [0.717, 1.165) is 0 Å². The van der Waals surface area contributed by atoms with Crippen molar-refractivity contribution in [3.8, 4) is 0 Å². The third-order valence-electron chi connectivity index (χ3n) is 3.65. The highest BCUT2D eigenvalue weighted by Gasteiger charge is 2.25. The number of thiazole rings is 1. The third-order valence-corrected chi connectivity index (χ3v) is 4.61. The number of aliphatic carboxylic acids is 1. The van der Waals surface area contributed by atoms with Crippen LogP contribution in [0, 0.1) is 12.3 Å². The Balaban J connectivity index is 2.24. The second-order valence-electron chi connectivity index (χ2n) is 6.94. The summed E-state index contributed by atoms with van der Waals surface area (Å²) in [6.45, 7) is 7.74. The maximum absolute atomic E-state index is 12.4. The highest BCUT2D eigenvalue weighted by Crippen LogP contribution is 2.21. The third kappa shape index (κ3) is 4.00. The van der Waals surface area contributed by atoms with Gasteiger partial charge in [0, 0.05) is 17.3 Å². The SMILES string of the molecule is Cc1csc2ncc(C(=O)NC(CCC(C)(C)C)C(=O)O)c(=O)n12. The van der Waals surface area contributed by atoms with Crippen LogP contribution in [0.2, 0.25) is 0 Å². The van der Waals surface area contributed by atoms with Gasteiger partial charge in [-0.15, -0.1) is 11.3 Å². The second kappa shape index (κ2) is 6.72. The molecule has 0 aliphatic carbocycles. The average Bonchev–Trinajstić information content (AvgIpc) is 2.84. The van der Waals surface area contributed by atoms with Crippen LogP contribution in [0.3, 0.4) is 0 Å². The number of aromatic nitrogens is 2. The fourth-order valence-corrected chi connectivity index (χ4v) is 3.08. The largest absolute Gasteiger partial charge is 0.480 e. The van der Waals surface area contributed by atoms with E-state index in [0.29, 0.717) is 23.5 Å². The van der Waals surface area contributed by atoms with Crippen LogP contribution in [-0.4, -0.2) is 32.4 Å². The van der Waals surface area contributed by atoms with Crippen molar-refractivity contribution in [1.29, 1.82) is 0 Å². The van der Waals surface area contributed by atoms with E-state index in [1.54, 1.807) is 12.3 Å². The normalized spacial score (nSPS) is 13.0. The molecule has 1 unspecified atom stereocenters. The Morgan fingerprint density at radius 1 is 1.42 bits per heavy atom. The summed E-state index contributed by atoms with van der Waals surface area (Å²) >= 11 is 1.30. The number of carboxylic acid groups (broad SMARTS) is 1. The molecule has 2 heterocycles. The molecule has 130 valence electrons. The Morgan fingerprint density at radius 2 is 2.08 bits per heavy atom. The summed E-state index contributed by atoms with van der Waals surface area (Å²) in [5, 5.41) is 13.5. The molecule has 8 heteroatoms. The lowest BCUT2D eigenvalue weighted by atomic mass is 9.88. The van der Waals surface area contributed by atoms with E-state index in [1.807, 2.05) is 20.8 Å². The van der Waals surface area contributed by atoms with Crippen molar-refractivity contribution < 1.29 is 14.7 Å². The molecular weight excluding hydrogens is 330 g/mol. The molecule has 2 rings (SSSR count). The zero-order valence-corrected chi connectivity index (χ0v) is 14.9. The van der Waals surface area contributed by atoms with Crippen LogP contribution in [0.25, 0.3) is 4.96 Å². The van der Waals surface area contributed by atoms with Gasteiger partial charge in [0.05, 0.1) is 0 Å². The van der Waals surface area contributed by atoms with Gasteiger partial charge in [-0.2, -0.15) is 0 Å². The number of nitrogens with zero attached hydrogens (tertiary/aromatic N) is 2. The minimum Gasteiger partial charge on any atom is -0.480 e. The molecule has 0 aromatic carbocycles. The lowest BCUT2D eigenvalue weighted by molar-refractivity contribution is -0.139. The maximum atomic E-state index is 12.4. The number of carbonyl (C=O) groups is 2. The fourth-order valence-electron chi connectivity index (χ4n) is 2.25. The average molecular weight is 351 g/mol. The molecule has 0 bridgehead atoms. The fraction of sp³-hybridized carbons (Fsp3) is 0.500. The van der Waals surface area contributed by atoms with Gasteiger partial charge < -0.3 is 10.4 Å². The van der Waals surface area contributed by atoms with Gasteiger partial charge in [0.2, 0.25) is 0 Å². The molecule has 1 amide bonds. The van der Waals surface area contributed by atoms with E-state index in [2.05, 4.69) is 10.3 Å². The number of hydrogen-bond acceptors (Lipinski definition) is 5. The topological polar surface area (TPSA) is 101 Å². The molecule has 0 aliphatic heterocycles. The van der Waals surface area contributed by atoms with Gasteiger partial charge in [-0.1, -0.05) is 20.8 Å². The first kappa shape index (κ1) is 18.1.